The minimum atomic E-state index is -0.576. The summed E-state index contributed by atoms with van der Waals surface area (Å²) in [4.78, 5) is 0. The fourth-order valence-electron chi connectivity index (χ4n) is 1.85. The molecule has 4 heteroatoms. The van der Waals surface area contributed by atoms with Gasteiger partial charge in [-0.1, -0.05) is 18.5 Å². The zero-order chi connectivity index (χ0) is 12.8. The smallest absolute Gasteiger partial charge is 0.126 e. The minimum Gasteiger partial charge on any atom is -0.393 e. The standard InChI is InChI=1S/C13H18ClFO2/c1-9(8-17-2)5-12(16)7-10-6-11(14)3-4-13(10)15/h3-4,6,9,12,16H,5,7-8H2,1-2H3. The lowest BCUT2D eigenvalue weighted by molar-refractivity contribution is 0.101. The van der Waals surface area contributed by atoms with Gasteiger partial charge in [-0.2, -0.15) is 0 Å². The Hall–Kier alpha value is -0.640. The molecule has 0 aliphatic heterocycles. The van der Waals surface area contributed by atoms with E-state index >= 15 is 0 Å². The maximum Gasteiger partial charge on any atom is 0.126 e. The van der Waals surface area contributed by atoms with Crippen LogP contribution in [0.2, 0.25) is 5.02 Å². The van der Waals surface area contributed by atoms with Gasteiger partial charge in [0.15, 0.2) is 0 Å². The molecule has 2 unspecified atom stereocenters. The number of ether oxygens (including phenoxy) is 1. The van der Waals surface area contributed by atoms with Crippen LogP contribution in [0.5, 0.6) is 0 Å². The van der Waals surface area contributed by atoms with Gasteiger partial charge >= 0.3 is 0 Å². The van der Waals surface area contributed by atoms with Gasteiger partial charge in [0.05, 0.1) is 6.10 Å². The van der Waals surface area contributed by atoms with Crippen molar-refractivity contribution in [2.45, 2.75) is 25.9 Å². The Morgan fingerprint density at radius 2 is 2.18 bits per heavy atom. The molecule has 0 aliphatic rings. The number of aliphatic hydroxyl groups is 1. The Morgan fingerprint density at radius 1 is 1.47 bits per heavy atom. The Balaban J connectivity index is 2.55. The summed E-state index contributed by atoms with van der Waals surface area (Å²) in [6, 6.07) is 4.38. The highest BCUT2D eigenvalue weighted by Gasteiger charge is 2.13. The summed E-state index contributed by atoms with van der Waals surface area (Å²) in [5.41, 5.74) is 0.453. The number of hydrogen-bond donors (Lipinski definition) is 1. The van der Waals surface area contributed by atoms with Gasteiger partial charge in [-0.05, 0) is 36.1 Å². The average Bonchev–Trinajstić information content (AvgIpc) is 2.23. The van der Waals surface area contributed by atoms with Crippen LogP contribution in [-0.2, 0) is 11.2 Å². The van der Waals surface area contributed by atoms with E-state index in [1.807, 2.05) is 6.92 Å². The first-order chi connectivity index (χ1) is 8.02. The largest absolute Gasteiger partial charge is 0.393 e. The quantitative estimate of drug-likeness (QED) is 0.852. The van der Waals surface area contributed by atoms with Crippen LogP contribution < -0.4 is 0 Å². The van der Waals surface area contributed by atoms with E-state index in [4.69, 9.17) is 16.3 Å². The molecule has 1 aromatic rings. The molecule has 0 radical (unpaired) electrons. The van der Waals surface area contributed by atoms with E-state index < -0.39 is 6.10 Å². The third-order valence-corrected chi connectivity index (χ3v) is 2.82. The number of hydrogen-bond acceptors (Lipinski definition) is 2. The van der Waals surface area contributed by atoms with E-state index in [1.54, 1.807) is 13.2 Å². The van der Waals surface area contributed by atoms with Gasteiger partial charge in [-0.15, -0.1) is 0 Å². The predicted molar refractivity (Wildman–Crippen MR) is 66.8 cm³/mol. The highest BCUT2D eigenvalue weighted by atomic mass is 35.5. The Bertz CT molecular complexity index is 357. The van der Waals surface area contributed by atoms with Crippen molar-refractivity contribution in [3.05, 3.63) is 34.6 Å². The first-order valence-electron chi connectivity index (χ1n) is 5.64. The third kappa shape index (κ3) is 5.02. The van der Waals surface area contributed by atoms with E-state index in [0.717, 1.165) is 0 Å². The van der Waals surface area contributed by atoms with Gasteiger partial charge < -0.3 is 9.84 Å². The molecule has 1 N–H and O–H groups in total. The SMILES string of the molecule is COCC(C)CC(O)Cc1cc(Cl)ccc1F. The summed E-state index contributed by atoms with van der Waals surface area (Å²) in [6.45, 7) is 2.58. The number of rotatable bonds is 6. The average molecular weight is 261 g/mol. The normalized spacial score (nSPS) is 14.6. The molecule has 0 saturated heterocycles. The predicted octanol–water partition coefficient (Wildman–Crippen LogP) is 3.06. The number of halogens is 2. The molecule has 0 amide bonds. The molecule has 1 rings (SSSR count). The van der Waals surface area contributed by atoms with Crippen molar-refractivity contribution in [3.63, 3.8) is 0 Å². The lowest BCUT2D eigenvalue weighted by Crippen LogP contribution is -2.18. The number of benzene rings is 1. The van der Waals surface area contributed by atoms with Crippen molar-refractivity contribution in [2.75, 3.05) is 13.7 Å². The van der Waals surface area contributed by atoms with Crippen LogP contribution in [0.4, 0.5) is 4.39 Å². The molecular weight excluding hydrogens is 243 g/mol. The van der Waals surface area contributed by atoms with Crippen molar-refractivity contribution in [3.8, 4) is 0 Å². The molecule has 0 aliphatic carbocycles. The zero-order valence-electron chi connectivity index (χ0n) is 10.1. The Labute approximate surface area is 106 Å². The summed E-state index contributed by atoms with van der Waals surface area (Å²) in [5, 5.41) is 10.3. The van der Waals surface area contributed by atoms with Gasteiger partial charge in [0.25, 0.3) is 0 Å². The second-order valence-electron chi connectivity index (χ2n) is 4.39. The second kappa shape index (κ2) is 6.94. The Morgan fingerprint density at radius 3 is 2.82 bits per heavy atom. The molecule has 0 spiro atoms. The Kier molecular flexibility index (Phi) is 5.89. The molecule has 0 heterocycles. The van der Waals surface area contributed by atoms with Crippen LogP contribution in [0.15, 0.2) is 18.2 Å². The molecule has 17 heavy (non-hydrogen) atoms. The van der Waals surface area contributed by atoms with Crippen molar-refractivity contribution in [2.24, 2.45) is 5.92 Å². The summed E-state index contributed by atoms with van der Waals surface area (Å²) < 4.78 is 18.4. The topological polar surface area (TPSA) is 29.5 Å². The summed E-state index contributed by atoms with van der Waals surface area (Å²) >= 11 is 5.79. The first-order valence-corrected chi connectivity index (χ1v) is 6.01. The van der Waals surface area contributed by atoms with Crippen LogP contribution in [0.25, 0.3) is 0 Å². The van der Waals surface area contributed by atoms with Gasteiger partial charge in [0.1, 0.15) is 5.82 Å². The van der Waals surface area contributed by atoms with Crippen LogP contribution in [-0.4, -0.2) is 24.9 Å². The van der Waals surface area contributed by atoms with Gasteiger partial charge in [0.2, 0.25) is 0 Å². The summed E-state index contributed by atoms with van der Waals surface area (Å²) in [7, 11) is 1.62. The first kappa shape index (κ1) is 14.4. The van der Waals surface area contributed by atoms with Gasteiger partial charge in [-0.3, -0.25) is 0 Å². The number of methoxy groups -OCH3 is 1. The minimum absolute atomic E-state index is 0.247. The van der Waals surface area contributed by atoms with Crippen molar-refractivity contribution in [1.82, 2.24) is 0 Å². The maximum atomic E-state index is 13.4. The zero-order valence-corrected chi connectivity index (χ0v) is 10.9. The summed E-state index contributed by atoms with van der Waals surface area (Å²) in [6.07, 6.45) is 0.286. The third-order valence-electron chi connectivity index (χ3n) is 2.59. The van der Waals surface area contributed by atoms with E-state index in [2.05, 4.69) is 0 Å². The molecule has 2 nitrogen and oxygen atoms in total. The molecule has 2 atom stereocenters. The maximum absolute atomic E-state index is 13.4. The molecule has 0 bridgehead atoms. The van der Waals surface area contributed by atoms with Crippen LogP contribution in [0.3, 0.4) is 0 Å². The van der Waals surface area contributed by atoms with Crippen LogP contribution in [0.1, 0.15) is 18.9 Å². The van der Waals surface area contributed by atoms with Crippen molar-refractivity contribution >= 4 is 11.6 Å². The summed E-state index contributed by atoms with van der Waals surface area (Å²) in [5.74, 6) is -0.0786. The molecule has 0 aromatic heterocycles. The fraction of sp³-hybridized carbons (Fsp3) is 0.538. The second-order valence-corrected chi connectivity index (χ2v) is 4.83. The fourth-order valence-corrected chi connectivity index (χ4v) is 2.05. The highest BCUT2D eigenvalue weighted by molar-refractivity contribution is 6.30. The molecular formula is C13H18ClFO2. The van der Waals surface area contributed by atoms with E-state index in [1.165, 1.54) is 12.1 Å². The highest BCUT2D eigenvalue weighted by Crippen LogP contribution is 2.18. The van der Waals surface area contributed by atoms with Crippen LogP contribution in [0, 0.1) is 11.7 Å². The lowest BCUT2D eigenvalue weighted by Gasteiger charge is -2.16. The molecule has 96 valence electrons. The monoisotopic (exact) mass is 260 g/mol. The van der Waals surface area contributed by atoms with E-state index in [-0.39, 0.29) is 18.2 Å². The molecule has 1 aromatic carbocycles. The van der Waals surface area contributed by atoms with E-state index in [0.29, 0.717) is 23.6 Å². The van der Waals surface area contributed by atoms with Gasteiger partial charge in [-0.25, -0.2) is 4.39 Å². The lowest BCUT2D eigenvalue weighted by atomic mass is 9.99. The van der Waals surface area contributed by atoms with Gasteiger partial charge in [0, 0.05) is 25.2 Å². The van der Waals surface area contributed by atoms with E-state index in [9.17, 15) is 9.50 Å². The van der Waals surface area contributed by atoms with Crippen LogP contribution >= 0.6 is 11.6 Å². The number of aliphatic hydroxyl groups excluding tert-OH is 1. The van der Waals surface area contributed by atoms with Crippen molar-refractivity contribution in [1.29, 1.82) is 0 Å². The van der Waals surface area contributed by atoms with Crippen molar-refractivity contribution < 1.29 is 14.2 Å². The molecule has 0 fully saturated rings. The molecule has 0 saturated carbocycles.